The summed E-state index contributed by atoms with van der Waals surface area (Å²) in [5.41, 5.74) is 0. The molecule has 152 valence electrons. The maximum atomic E-state index is 4.53. The molecule has 5 nitrogen and oxygen atoms in total. The van der Waals surface area contributed by atoms with Gasteiger partial charge < -0.3 is 15.1 Å². The van der Waals surface area contributed by atoms with Crippen LogP contribution in [0.25, 0.3) is 0 Å². The van der Waals surface area contributed by atoms with Gasteiger partial charge in [-0.3, -0.25) is 9.89 Å². The number of nitrogens with one attached hydrogen (secondary N) is 1. The predicted octanol–water partition coefficient (Wildman–Crippen LogP) is 3.01. The molecule has 26 heavy (non-hydrogen) atoms. The first-order chi connectivity index (χ1) is 12.4. The second-order valence-corrected chi connectivity index (χ2v) is 8.07. The zero-order chi connectivity index (χ0) is 17.3. The Labute approximate surface area is 178 Å². The molecule has 0 aromatic carbocycles. The minimum Gasteiger partial charge on any atom is -0.356 e. The van der Waals surface area contributed by atoms with Gasteiger partial charge >= 0.3 is 0 Å². The number of aliphatic imine (C=N–C) groups is 1. The molecule has 0 aliphatic carbocycles. The van der Waals surface area contributed by atoms with Crippen LogP contribution >= 0.6 is 24.0 Å². The Kier molecular flexibility index (Phi) is 10.6. The van der Waals surface area contributed by atoms with Gasteiger partial charge in [-0.2, -0.15) is 0 Å². The Morgan fingerprint density at radius 2 is 1.65 bits per heavy atom. The van der Waals surface area contributed by atoms with E-state index in [-0.39, 0.29) is 24.0 Å². The molecular formula is C20H40IN5. The molecule has 0 spiro atoms. The van der Waals surface area contributed by atoms with Gasteiger partial charge in [0.15, 0.2) is 5.96 Å². The number of hydrogen-bond donors (Lipinski definition) is 1. The number of rotatable bonds is 7. The van der Waals surface area contributed by atoms with E-state index in [0.717, 1.165) is 31.6 Å². The lowest BCUT2D eigenvalue weighted by atomic mass is 10.1. The van der Waals surface area contributed by atoms with Crippen molar-refractivity contribution < 1.29 is 0 Å². The quantitative estimate of drug-likeness (QED) is 0.265. The number of hydrogen-bond acceptors (Lipinski definition) is 3. The van der Waals surface area contributed by atoms with Gasteiger partial charge in [0.25, 0.3) is 0 Å². The number of nitrogens with zero attached hydrogens (tertiary/aromatic N) is 4. The summed E-state index contributed by atoms with van der Waals surface area (Å²) in [5.74, 6) is 1.12. The van der Waals surface area contributed by atoms with Gasteiger partial charge in [0.1, 0.15) is 0 Å². The smallest absolute Gasteiger partial charge is 0.193 e. The van der Waals surface area contributed by atoms with Gasteiger partial charge in [0.2, 0.25) is 0 Å². The molecule has 3 fully saturated rings. The second-order valence-electron chi connectivity index (χ2n) is 8.07. The SMILES string of the molecule is CN=C(NCCCCCN1CCCCC1)N1CCC(N2CCCC2)C1.I. The lowest BCUT2D eigenvalue weighted by molar-refractivity contribution is 0.224. The number of halogens is 1. The Morgan fingerprint density at radius 3 is 2.38 bits per heavy atom. The van der Waals surface area contributed by atoms with E-state index < -0.39 is 0 Å². The average Bonchev–Trinajstić information content (AvgIpc) is 3.33. The second kappa shape index (κ2) is 12.4. The number of piperidine rings is 1. The molecule has 0 amide bonds. The summed E-state index contributed by atoms with van der Waals surface area (Å²) in [4.78, 5) is 12.3. The molecule has 0 saturated carbocycles. The van der Waals surface area contributed by atoms with Crippen LogP contribution in [0.1, 0.15) is 57.8 Å². The first-order valence-electron chi connectivity index (χ1n) is 10.8. The molecule has 1 unspecified atom stereocenters. The van der Waals surface area contributed by atoms with E-state index in [2.05, 4.69) is 25.0 Å². The van der Waals surface area contributed by atoms with Crippen LogP contribution in [0.2, 0.25) is 0 Å². The highest BCUT2D eigenvalue weighted by Crippen LogP contribution is 2.20. The molecule has 1 N–H and O–H groups in total. The highest BCUT2D eigenvalue weighted by Gasteiger charge is 2.30. The van der Waals surface area contributed by atoms with Crippen molar-refractivity contribution in [2.75, 3.05) is 59.4 Å². The molecule has 3 rings (SSSR count). The zero-order valence-corrected chi connectivity index (χ0v) is 19.1. The predicted molar refractivity (Wildman–Crippen MR) is 122 cm³/mol. The number of guanidine groups is 1. The number of unbranched alkanes of at least 4 members (excludes halogenated alkanes) is 2. The van der Waals surface area contributed by atoms with E-state index in [9.17, 15) is 0 Å². The van der Waals surface area contributed by atoms with E-state index in [1.54, 1.807) is 0 Å². The number of likely N-dealkylation sites (tertiary alicyclic amines) is 3. The molecule has 6 heteroatoms. The van der Waals surface area contributed by atoms with E-state index in [1.165, 1.54) is 90.5 Å². The minimum absolute atomic E-state index is 0. The Balaban J connectivity index is 0.00000243. The van der Waals surface area contributed by atoms with Crippen LogP contribution < -0.4 is 5.32 Å². The van der Waals surface area contributed by atoms with Crippen LogP contribution in [0, 0.1) is 0 Å². The fourth-order valence-corrected chi connectivity index (χ4v) is 4.69. The maximum absolute atomic E-state index is 4.53. The van der Waals surface area contributed by atoms with Gasteiger partial charge in [-0.25, -0.2) is 0 Å². The fourth-order valence-electron chi connectivity index (χ4n) is 4.69. The molecule has 0 bridgehead atoms. The van der Waals surface area contributed by atoms with Gasteiger partial charge in [-0.05, 0) is 77.7 Å². The van der Waals surface area contributed by atoms with Crippen LogP contribution in [-0.4, -0.2) is 86.1 Å². The zero-order valence-electron chi connectivity index (χ0n) is 16.8. The molecule has 3 aliphatic rings. The van der Waals surface area contributed by atoms with E-state index in [0.29, 0.717) is 0 Å². The van der Waals surface area contributed by atoms with E-state index in [1.807, 2.05) is 7.05 Å². The third kappa shape index (κ3) is 6.82. The maximum Gasteiger partial charge on any atom is 0.193 e. The van der Waals surface area contributed by atoms with Gasteiger partial charge in [-0.1, -0.05) is 12.8 Å². The van der Waals surface area contributed by atoms with Crippen molar-refractivity contribution in [1.29, 1.82) is 0 Å². The lowest BCUT2D eigenvalue weighted by Crippen LogP contribution is -2.43. The largest absolute Gasteiger partial charge is 0.356 e. The van der Waals surface area contributed by atoms with Crippen LogP contribution in [0.5, 0.6) is 0 Å². The minimum atomic E-state index is 0. The highest BCUT2D eigenvalue weighted by molar-refractivity contribution is 14.0. The molecule has 0 aromatic heterocycles. The van der Waals surface area contributed by atoms with E-state index in [4.69, 9.17) is 0 Å². The van der Waals surface area contributed by atoms with Crippen LogP contribution in [0.3, 0.4) is 0 Å². The average molecular weight is 477 g/mol. The molecular weight excluding hydrogens is 437 g/mol. The van der Waals surface area contributed by atoms with Crippen molar-refractivity contribution >= 4 is 29.9 Å². The summed E-state index contributed by atoms with van der Waals surface area (Å²) in [5, 5.41) is 3.60. The van der Waals surface area contributed by atoms with Crippen molar-refractivity contribution in [2.45, 2.75) is 63.8 Å². The Hall–Kier alpha value is -0.0800. The van der Waals surface area contributed by atoms with Crippen molar-refractivity contribution in [1.82, 2.24) is 20.0 Å². The summed E-state index contributed by atoms with van der Waals surface area (Å²) in [6.07, 6.45) is 12.3. The lowest BCUT2D eigenvalue weighted by Gasteiger charge is -2.26. The molecule has 3 aliphatic heterocycles. The van der Waals surface area contributed by atoms with Crippen LogP contribution in [0.15, 0.2) is 4.99 Å². The van der Waals surface area contributed by atoms with Crippen LogP contribution in [-0.2, 0) is 0 Å². The molecule has 3 saturated heterocycles. The van der Waals surface area contributed by atoms with Crippen molar-refractivity contribution in [3.8, 4) is 0 Å². The van der Waals surface area contributed by atoms with Gasteiger partial charge in [0.05, 0.1) is 0 Å². The first-order valence-corrected chi connectivity index (χ1v) is 10.8. The highest BCUT2D eigenvalue weighted by atomic mass is 127. The molecule has 0 aromatic rings. The standard InChI is InChI=1S/C20H39N5.HI/c1-21-20(25-17-10-19(18-25)24-15-8-9-16-24)22-11-4-2-5-12-23-13-6-3-7-14-23;/h19H,2-18H2,1H3,(H,21,22);1H. The first kappa shape index (κ1) is 22.2. The van der Waals surface area contributed by atoms with Gasteiger partial charge in [0, 0.05) is 32.7 Å². The summed E-state index contributed by atoms with van der Waals surface area (Å²) in [6, 6.07) is 0.755. The third-order valence-electron chi connectivity index (χ3n) is 6.21. The van der Waals surface area contributed by atoms with Gasteiger partial charge in [-0.15, -0.1) is 24.0 Å². The normalized spacial score (nSPS) is 25.5. The summed E-state index contributed by atoms with van der Waals surface area (Å²) in [6.45, 7) is 9.97. The third-order valence-corrected chi connectivity index (χ3v) is 6.21. The fraction of sp³-hybridized carbons (Fsp3) is 0.950. The van der Waals surface area contributed by atoms with E-state index >= 15 is 0 Å². The van der Waals surface area contributed by atoms with Crippen LogP contribution in [0.4, 0.5) is 0 Å². The topological polar surface area (TPSA) is 34.1 Å². The molecule has 3 heterocycles. The molecule has 1 atom stereocenters. The Morgan fingerprint density at radius 1 is 0.923 bits per heavy atom. The van der Waals surface area contributed by atoms with Crippen molar-refractivity contribution in [3.63, 3.8) is 0 Å². The summed E-state index contributed by atoms with van der Waals surface area (Å²) < 4.78 is 0. The Bertz CT molecular complexity index is 405. The molecule has 0 radical (unpaired) electrons. The van der Waals surface area contributed by atoms with Crippen molar-refractivity contribution in [2.24, 2.45) is 4.99 Å². The summed E-state index contributed by atoms with van der Waals surface area (Å²) >= 11 is 0. The monoisotopic (exact) mass is 477 g/mol. The van der Waals surface area contributed by atoms with Crippen molar-refractivity contribution in [3.05, 3.63) is 0 Å². The summed E-state index contributed by atoms with van der Waals surface area (Å²) in [7, 11) is 1.93.